The Morgan fingerprint density at radius 1 is 0.850 bits per heavy atom. The van der Waals surface area contributed by atoms with Gasteiger partial charge in [0.2, 0.25) is 0 Å². The van der Waals surface area contributed by atoms with E-state index in [9.17, 15) is 13.5 Å². The van der Waals surface area contributed by atoms with Gasteiger partial charge in [-0.25, -0.2) is 8.42 Å². The number of piperidine rings is 1. The second kappa shape index (κ2) is 12.5. The highest BCUT2D eigenvalue weighted by atomic mass is 35.5. The van der Waals surface area contributed by atoms with E-state index in [-0.39, 0.29) is 18.2 Å². The Bertz CT molecular complexity index is 1570. The maximum Gasteiger partial charge on any atom is 0.176 e. The van der Waals surface area contributed by atoms with E-state index in [1.807, 2.05) is 68.4 Å². The molecule has 8 heteroatoms. The van der Waals surface area contributed by atoms with Crippen LogP contribution in [-0.2, 0) is 9.84 Å². The Hall–Kier alpha value is -3.26. The molecule has 0 unspecified atom stereocenters. The number of nitrogens with zero attached hydrogens (tertiary/aromatic N) is 1. The number of hydrogen-bond acceptors (Lipinski definition) is 6. The zero-order chi connectivity index (χ0) is 27.6. The third-order valence-electron chi connectivity index (χ3n) is 7.26. The molecule has 4 aromatic carbocycles. The fourth-order valence-electron chi connectivity index (χ4n) is 5.51. The molecule has 5 rings (SSSR count). The number of likely N-dealkylation sites (tertiary alicyclic amines) is 1. The van der Waals surface area contributed by atoms with Gasteiger partial charge < -0.3 is 14.6 Å². The summed E-state index contributed by atoms with van der Waals surface area (Å²) >= 11 is 0. The van der Waals surface area contributed by atoms with Crippen molar-refractivity contribution < 1.29 is 23.0 Å². The number of halogens is 1. The number of hydrogen-bond donors (Lipinski definition) is 1. The number of fused-ring (bicyclic) bond motifs is 1. The topological polar surface area (TPSA) is 76.1 Å². The van der Waals surface area contributed by atoms with E-state index in [2.05, 4.69) is 4.90 Å². The Morgan fingerprint density at radius 2 is 1.50 bits per heavy atom. The van der Waals surface area contributed by atoms with Crippen molar-refractivity contribution in [1.82, 2.24) is 4.90 Å². The van der Waals surface area contributed by atoms with E-state index in [0.29, 0.717) is 34.1 Å². The average molecular weight is 582 g/mol. The van der Waals surface area contributed by atoms with Crippen molar-refractivity contribution >= 4 is 33.0 Å². The lowest BCUT2D eigenvalue weighted by atomic mass is 9.96. The van der Waals surface area contributed by atoms with Crippen molar-refractivity contribution in [3.8, 4) is 34.1 Å². The minimum atomic E-state index is -3.35. The van der Waals surface area contributed by atoms with Crippen LogP contribution in [0.1, 0.15) is 30.4 Å². The molecule has 40 heavy (non-hydrogen) atoms. The predicted molar refractivity (Wildman–Crippen MR) is 163 cm³/mol. The first-order valence-corrected chi connectivity index (χ1v) is 15.3. The van der Waals surface area contributed by atoms with Crippen LogP contribution in [0.3, 0.4) is 0 Å². The number of ether oxygens (including phenoxy) is 2. The van der Waals surface area contributed by atoms with Crippen LogP contribution in [0.5, 0.6) is 23.0 Å². The standard InChI is InChI=1S/C32H35NO5S.ClH/c1-22-19-25(20-23(2)32(22)39(3,35)36)30-13-7-24-21-26(34)8-14-29(24)31(30)38-28-11-9-27(10-12-28)37-18-17-33-15-5-4-6-16-33;/h7-14,19-21,34H,4-6,15-18H2,1-3H3;1H. The van der Waals surface area contributed by atoms with Crippen LogP contribution in [0.4, 0.5) is 0 Å². The molecule has 4 aromatic rings. The SMILES string of the molecule is Cc1cc(-c2ccc3cc(O)ccc3c2Oc2ccc(OCCN3CCCCC3)cc2)cc(C)c1S(C)(=O)=O.Cl. The fourth-order valence-corrected chi connectivity index (χ4v) is 6.80. The smallest absolute Gasteiger partial charge is 0.176 e. The average Bonchev–Trinajstić information content (AvgIpc) is 2.89. The Kier molecular flexibility index (Phi) is 9.29. The highest BCUT2D eigenvalue weighted by Gasteiger charge is 2.19. The van der Waals surface area contributed by atoms with Gasteiger partial charge in [-0.15, -0.1) is 12.4 Å². The van der Waals surface area contributed by atoms with E-state index in [1.165, 1.54) is 25.5 Å². The van der Waals surface area contributed by atoms with Crippen LogP contribution in [0.25, 0.3) is 21.9 Å². The third kappa shape index (κ3) is 6.72. The maximum absolute atomic E-state index is 12.4. The predicted octanol–water partition coefficient (Wildman–Crippen LogP) is 7.31. The molecule has 1 fully saturated rings. The second-order valence-corrected chi connectivity index (χ2v) is 12.3. The van der Waals surface area contributed by atoms with Gasteiger partial charge in [0.1, 0.15) is 29.6 Å². The van der Waals surface area contributed by atoms with Gasteiger partial charge in [-0.1, -0.05) is 12.5 Å². The summed E-state index contributed by atoms with van der Waals surface area (Å²) in [5.74, 6) is 2.26. The van der Waals surface area contributed by atoms with Crippen LogP contribution in [0, 0.1) is 13.8 Å². The van der Waals surface area contributed by atoms with Crippen LogP contribution in [-0.4, -0.2) is 50.9 Å². The molecule has 1 saturated heterocycles. The normalized spacial score (nSPS) is 14.1. The molecule has 0 aromatic heterocycles. The van der Waals surface area contributed by atoms with Crippen LogP contribution in [0.15, 0.2) is 71.6 Å². The summed E-state index contributed by atoms with van der Waals surface area (Å²) in [6.07, 6.45) is 5.09. The van der Waals surface area contributed by atoms with Gasteiger partial charge in [-0.05, 0) is 123 Å². The number of aryl methyl sites for hydroxylation is 2. The molecule has 1 aliphatic heterocycles. The van der Waals surface area contributed by atoms with Gasteiger partial charge in [0.05, 0.1) is 4.90 Å². The number of benzene rings is 4. The largest absolute Gasteiger partial charge is 0.508 e. The van der Waals surface area contributed by atoms with Crippen molar-refractivity contribution in [2.75, 3.05) is 32.5 Å². The van der Waals surface area contributed by atoms with Gasteiger partial charge in [0.25, 0.3) is 0 Å². The molecule has 6 nitrogen and oxygen atoms in total. The van der Waals surface area contributed by atoms with Gasteiger partial charge in [-0.3, -0.25) is 4.90 Å². The zero-order valence-corrected chi connectivity index (χ0v) is 24.8. The number of aromatic hydroxyl groups is 1. The molecule has 0 amide bonds. The Labute approximate surface area is 242 Å². The van der Waals surface area contributed by atoms with Crippen molar-refractivity contribution in [2.24, 2.45) is 0 Å². The van der Waals surface area contributed by atoms with Gasteiger partial charge in [0, 0.05) is 23.8 Å². The maximum atomic E-state index is 12.4. The summed E-state index contributed by atoms with van der Waals surface area (Å²) in [6.45, 7) is 7.52. The van der Waals surface area contributed by atoms with E-state index >= 15 is 0 Å². The zero-order valence-electron chi connectivity index (χ0n) is 23.1. The van der Waals surface area contributed by atoms with Crippen molar-refractivity contribution in [1.29, 1.82) is 0 Å². The van der Waals surface area contributed by atoms with Crippen LogP contribution < -0.4 is 9.47 Å². The van der Waals surface area contributed by atoms with Crippen molar-refractivity contribution in [3.63, 3.8) is 0 Å². The first kappa shape index (κ1) is 29.7. The van der Waals surface area contributed by atoms with Crippen LogP contribution in [0.2, 0.25) is 0 Å². The summed E-state index contributed by atoms with van der Waals surface area (Å²) in [4.78, 5) is 2.81. The summed E-state index contributed by atoms with van der Waals surface area (Å²) < 4.78 is 37.2. The minimum Gasteiger partial charge on any atom is -0.508 e. The Morgan fingerprint density at radius 3 is 2.15 bits per heavy atom. The van der Waals surface area contributed by atoms with Gasteiger partial charge in [0.15, 0.2) is 9.84 Å². The van der Waals surface area contributed by atoms with Gasteiger partial charge >= 0.3 is 0 Å². The molecule has 0 spiro atoms. The monoisotopic (exact) mass is 581 g/mol. The summed E-state index contributed by atoms with van der Waals surface area (Å²) in [5, 5.41) is 11.7. The van der Waals surface area contributed by atoms with E-state index < -0.39 is 9.84 Å². The van der Waals surface area contributed by atoms with Crippen molar-refractivity contribution in [2.45, 2.75) is 38.0 Å². The third-order valence-corrected chi connectivity index (χ3v) is 8.65. The van der Waals surface area contributed by atoms with Crippen LogP contribution >= 0.6 is 12.4 Å². The Balaban J connectivity index is 0.00000370. The number of phenols is 1. The second-order valence-electron chi connectivity index (χ2n) is 10.4. The van der Waals surface area contributed by atoms with Crippen molar-refractivity contribution in [3.05, 3.63) is 77.9 Å². The number of phenolic OH excluding ortho intramolecular Hbond substituents is 1. The first-order chi connectivity index (χ1) is 18.7. The number of rotatable bonds is 8. The number of sulfone groups is 1. The molecule has 1 aliphatic rings. The first-order valence-electron chi connectivity index (χ1n) is 13.4. The quantitative estimate of drug-likeness (QED) is 0.235. The summed E-state index contributed by atoms with van der Waals surface area (Å²) in [5.41, 5.74) is 3.08. The lowest BCUT2D eigenvalue weighted by Gasteiger charge is -2.26. The minimum absolute atomic E-state index is 0. The molecule has 1 heterocycles. The molecule has 212 valence electrons. The van der Waals surface area contributed by atoms with E-state index in [4.69, 9.17) is 9.47 Å². The van der Waals surface area contributed by atoms with E-state index in [1.54, 1.807) is 12.1 Å². The highest BCUT2D eigenvalue weighted by Crippen LogP contribution is 2.42. The lowest BCUT2D eigenvalue weighted by molar-refractivity contribution is 0.183. The summed E-state index contributed by atoms with van der Waals surface area (Å²) in [6, 6.07) is 20.4. The highest BCUT2D eigenvalue weighted by molar-refractivity contribution is 7.90. The van der Waals surface area contributed by atoms with E-state index in [0.717, 1.165) is 47.3 Å². The lowest BCUT2D eigenvalue weighted by Crippen LogP contribution is -2.33. The molecular weight excluding hydrogens is 546 g/mol. The van der Waals surface area contributed by atoms with Gasteiger partial charge in [-0.2, -0.15) is 0 Å². The fraction of sp³-hybridized carbons (Fsp3) is 0.312. The molecule has 0 saturated carbocycles. The molecular formula is C32H36ClNO5S. The summed E-state index contributed by atoms with van der Waals surface area (Å²) in [7, 11) is -3.35. The molecule has 0 aliphatic carbocycles. The molecule has 0 atom stereocenters. The molecule has 0 bridgehead atoms. The molecule has 1 N–H and O–H groups in total. The molecule has 0 radical (unpaired) electrons.